The van der Waals surface area contributed by atoms with Crippen molar-refractivity contribution in [1.29, 1.82) is 0 Å². The van der Waals surface area contributed by atoms with E-state index < -0.39 is 0 Å². The Hall–Kier alpha value is -8.20. The van der Waals surface area contributed by atoms with Crippen LogP contribution in [0.25, 0.3) is 24.3 Å². The lowest BCUT2D eigenvalue weighted by molar-refractivity contribution is 0.302. The fourth-order valence-corrected chi connectivity index (χ4v) is 14.4. The molecule has 5 atom stereocenters. The molecular formula is C98H122N2. The normalized spacial score (nSPS) is 18.8. The first-order valence-corrected chi connectivity index (χ1v) is 37.9. The summed E-state index contributed by atoms with van der Waals surface area (Å²) < 4.78 is 0. The molecule has 2 aromatic heterocycles. The van der Waals surface area contributed by atoms with Crippen LogP contribution in [0.1, 0.15) is 223 Å². The molecule has 8 aliphatic rings. The van der Waals surface area contributed by atoms with E-state index in [1.807, 2.05) is 52.2 Å². The van der Waals surface area contributed by atoms with Gasteiger partial charge in [0, 0.05) is 23.8 Å². The lowest BCUT2D eigenvalue weighted by Gasteiger charge is -2.34. The molecule has 8 aromatic rings. The topological polar surface area (TPSA) is 25.8 Å². The van der Waals surface area contributed by atoms with Crippen LogP contribution in [-0.2, 0) is 51.4 Å². The Kier molecular flexibility index (Phi) is 29.9. The zero-order valence-corrected chi connectivity index (χ0v) is 64.9. The van der Waals surface area contributed by atoms with Gasteiger partial charge in [0.1, 0.15) is 0 Å². The summed E-state index contributed by atoms with van der Waals surface area (Å²) in [6.07, 6.45) is 43.6. The zero-order valence-electron chi connectivity index (χ0n) is 64.9. The Bertz CT molecular complexity index is 3910. The number of pyridine rings is 2. The molecule has 524 valence electrons. The number of aromatic nitrogens is 2. The summed E-state index contributed by atoms with van der Waals surface area (Å²) in [4.78, 5) is 8.16. The second-order valence-corrected chi connectivity index (χ2v) is 31.2. The third-order valence-electron chi connectivity index (χ3n) is 20.6. The van der Waals surface area contributed by atoms with E-state index in [1.165, 1.54) is 204 Å². The van der Waals surface area contributed by atoms with Gasteiger partial charge in [-0.05, 0) is 313 Å². The van der Waals surface area contributed by atoms with Gasteiger partial charge in [0.05, 0.1) is 0 Å². The highest BCUT2D eigenvalue weighted by Crippen LogP contribution is 2.41. The fourth-order valence-electron chi connectivity index (χ4n) is 14.4. The molecule has 1 fully saturated rings. The van der Waals surface area contributed by atoms with Gasteiger partial charge >= 0.3 is 0 Å². The Morgan fingerprint density at radius 1 is 0.320 bits per heavy atom. The van der Waals surface area contributed by atoms with E-state index in [0.29, 0.717) is 11.8 Å². The van der Waals surface area contributed by atoms with Crippen molar-refractivity contribution in [1.82, 2.24) is 9.97 Å². The number of rotatable bonds is 0. The molecule has 0 radical (unpaired) electrons. The van der Waals surface area contributed by atoms with Gasteiger partial charge in [0.25, 0.3) is 0 Å². The van der Waals surface area contributed by atoms with E-state index in [1.54, 1.807) is 5.57 Å². The van der Waals surface area contributed by atoms with Crippen molar-refractivity contribution in [3.63, 3.8) is 0 Å². The summed E-state index contributed by atoms with van der Waals surface area (Å²) in [5, 5.41) is 0. The molecule has 0 amide bonds. The predicted octanol–water partition coefficient (Wildman–Crippen LogP) is 26.3. The van der Waals surface area contributed by atoms with E-state index in [-0.39, 0.29) is 0 Å². The number of hydrogen-bond acceptors (Lipinski definition) is 2. The predicted molar refractivity (Wildman–Crippen MR) is 438 cm³/mol. The average molecular weight is 1330 g/mol. The highest BCUT2D eigenvalue weighted by Gasteiger charge is 2.27. The highest BCUT2D eigenvalue weighted by atomic mass is 14.7. The largest absolute Gasteiger partial charge is 0.261 e. The van der Waals surface area contributed by atoms with Crippen LogP contribution in [0.5, 0.6) is 0 Å². The number of hydrogen-bond donors (Lipinski definition) is 0. The van der Waals surface area contributed by atoms with Crippen molar-refractivity contribution in [2.24, 2.45) is 29.6 Å². The Morgan fingerprint density at radius 2 is 0.710 bits per heavy atom. The minimum Gasteiger partial charge on any atom is -0.261 e. The molecular weight excluding hydrogens is 1210 g/mol. The van der Waals surface area contributed by atoms with Gasteiger partial charge in [-0.3, -0.25) is 9.97 Å². The molecule has 2 heteroatoms. The van der Waals surface area contributed by atoms with E-state index in [9.17, 15) is 0 Å². The lowest BCUT2D eigenvalue weighted by atomic mass is 9.71. The molecule has 6 aromatic carbocycles. The van der Waals surface area contributed by atoms with Crippen molar-refractivity contribution in [3.8, 4) is 0 Å². The Balaban J connectivity index is 0.000000144. The van der Waals surface area contributed by atoms with Gasteiger partial charge in [-0.25, -0.2) is 0 Å². The minimum absolute atomic E-state index is 0.709. The highest BCUT2D eigenvalue weighted by molar-refractivity contribution is 5.62. The number of fused-ring (bicyclic) bond motifs is 7. The van der Waals surface area contributed by atoms with Crippen LogP contribution >= 0.6 is 0 Å². The van der Waals surface area contributed by atoms with Crippen molar-refractivity contribution in [3.05, 3.63) is 327 Å². The second-order valence-electron chi connectivity index (χ2n) is 31.2. The summed E-state index contributed by atoms with van der Waals surface area (Å²) in [7, 11) is 0. The van der Waals surface area contributed by atoms with Crippen molar-refractivity contribution in [2.75, 3.05) is 0 Å². The van der Waals surface area contributed by atoms with Gasteiger partial charge in [-0.1, -0.05) is 265 Å². The quantitative estimate of drug-likeness (QED) is 0.141. The smallest absolute Gasteiger partial charge is 0.0372 e. The average Bonchev–Trinajstić information content (AvgIpc) is 0.896. The number of benzene rings is 6. The van der Waals surface area contributed by atoms with Crippen LogP contribution in [-0.4, -0.2) is 9.97 Å². The molecule has 2 heterocycles. The van der Waals surface area contributed by atoms with Crippen molar-refractivity contribution >= 4 is 24.3 Å². The van der Waals surface area contributed by atoms with E-state index in [0.717, 1.165) is 54.8 Å². The van der Waals surface area contributed by atoms with Gasteiger partial charge < -0.3 is 0 Å². The molecule has 0 bridgehead atoms. The zero-order chi connectivity index (χ0) is 71.8. The molecule has 1 saturated carbocycles. The van der Waals surface area contributed by atoms with Crippen LogP contribution < -0.4 is 0 Å². The number of nitrogens with zero attached hydrogens (tertiary/aromatic N) is 2. The first kappa shape index (κ1) is 77.5. The Morgan fingerprint density at radius 3 is 1.12 bits per heavy atom. The summed E-state index contributed by atoms with van der Waals surface area (Å²) in [6.45, 7) is 39.1. The monoisotopic (exact) mass is 1330 g/mol. The van der Waals surface area contributed by atoms with Gasteiger partial charge in [-0.15, -0.1) is 0 Å². The standard InChI is InChI=1S/C12H20.6C12H14.2C7H9N/c7*1-9-3-5-12-8-10(2)4-6-11(12)7-9;2*1-6-3-4-7(2)8-5-6/h5,9-11H,3-4,6-8H2,1-2H3;2*3,5,7-8H,4,6H2,1-2H3;2*3-5,7H,6,8H2,1-2H3;2*3-7,10H,8H2,1-2H3;2*3-5H,1-2H3. The second kappa shape index (κ2) is 38.6. The summed E-state index contributed by atoms with van der Waals surface area (Å²) in [5.41, 5.74) is 38.4. The van der Waals surface area contributed by atoms with Gasteiger partial charge in [-0.2, -0.15) is 0 Å². The maximum atomic E-state index is 4.08. The third kappa shape index (κ3) is 25.8. The fraction of sp³-hybridized carbons (Fsp3) is 0.388. The van der Waals surface area contributed by atoms with Gasteiger partial charge in [0.2, 0.25) is 0 Å². The molecule has 16 rings (SSSR count). The molecule has 8 aliphatic carbocycles. The van der Waals surface area contributed by atoms with Crippen LogP contribution in [0.4, 0.5) is 0 Å². The first-order valence-electron chi connectivity index (χ1n) is 37.9. The number of aryl methyl sites for hydroxylation is 12. The Labute approximate surface area is 607 Å². The molecule has 100 heavy (non-hydrogen) atoms. The maximum absolute atomic E-state index is 4.08. The summed E-state index contributed by atoms with van der Waals surface area (Å²) in [6, 6.07) is 48.6. The van der Waals surface area contributed by atoms with E-state index in [2.05, 4.69) is 283 Å². The minimum atomic E-state index is 0.709. The van der Waals surface area contributed by atoms with Gasteiger partial charge in [0.15, 0.2) is 0 Å². The molecule has 0 aliphatic heterocycles. The van der Waals surface area contributed by atoms with E-state index >= 15 is 0 Å². The van der Waals surface area contributed by atoms with Crippen molar-refractivity contribution < 1.29 is 0 Å². The third-order valence-corrected chi connectivity index (χ3v) is 20.6. The lowest BCUT2D eigenvalue weighted by Crippen LogP contribution is -2.21. The van der Waals surface area contributed by atoms with Crippen LogP contribution in [0.3, 0.4) is 0 Å². The van der Waals surface area contributed by atoms with E-state index in [4.69, 9.17) is 0 Å². The van der Waals surface area contributed by atoms with Crippen LogP contribution in [0.15, 0.2) is 204 Å². The molecule has 0 N–H and O–H groups in total. The maximum Gasteiger partial charge on any atom is 0.0372 e. The molecule has 5 unspecified atom stereocenters. The molecule has 0 spiro atoms. The van der Waals surface area contributed by atoms with Crippen LogP contribution in [0, 0.1) is 98.8 Å². The molecule has 2 nitrogen and oxygen atoms in total. The first-order chi connectivity index (χ1) is 47.9. The number of allylic oxidation sites excluding steroid dienone is 10. The van der Waals surface area contributed by atoms with Crippen molar-refractivity contribution in [2.45, 2.75) is 221 Å². The summed E-state index contributed by atoms with van der Waals surface area (Å²) in [5.74, 6) is 4.30. The van der Waals surface area contributed by atoms with Crippen LogP contribution in [0.2, 0.25) is 0 Å². The SMILES string of the molecule is CC1=CCc2cc(C)ccc2C1.CC1=CCc2cc(C)ccc2C1.CC1=Cc2ccc(C)cc2CC1.CC1=Cc2ccc(C)cc2CC1.CC1CCC2CC(C)CC=C2C1.Cc1ccc(C)nc1.Cc1ccc(C)nc1.Cc1ccc2c(c1)C=CC(C)C2.Cc1ccc2c(c1)C=CC(C)C2. The molecule has 0 saturated heterocycles. The summed E-state index contributed by atoms with van der Waals surface area (Å²) >= 11 is 0.